The van der Waals surface area contributed by atoms with Gasteiger partial charge in [-0.3, -0.25) is 4.99 Å². The second-order valence-electron chi connectivity index (χ2n) is 5.21. The zero-order chi connectivity index (χ0) is 13.8. The van der Waals surface area contributed by atoms with Gasteiger partial charge in [-0.2, -0.15) is 0 Å². The first-order valence-corrected chi connectivity index (χ1v) is 7.23. The summed E-state index contributed by atoms with van der Waals surface area (Å²) in [5.41, 5.74) is 0. The van der Waals surface area contributed by atoms with Crippen LogP contribution in [-0.4, -0.2) is 51.1 Å². The highest BCUT2D eigenvalue weighted by Gasteiger charge is 1.99. The highest BCUT2D eigenvalue weighted by molar-refractivity contribution is 5.79. The van der Waals surface area contributed by atoms with Gasteiger partial charge < -0.3 is 15.5 Å². The van der Waals surface area contributed by atoms with Crippen LogP contribution in [0.5, 0.6) is 0 Å². The molecule has 2 N–H and O–H groups in total. The molecule has 0 saturated carbocycles. The van der Waals surface area contributed by atoms with Crippen LogP contribution in [0.25, 0.3) is 0 Å². The van der Waals surface area contributed by atoms with Gasteiger partial charge in [-0.15, -0.1) is 0 Å². The van der Waals surface area contributed by atoms with E-state index in [2.05, 4.69) is 48.3 Å². The fourth-order valence-electron chi connectivity index (χ4n) is 1.63. The zero-order valence-electron chi connectivity index (χ0n) is 12.9. The molecule has 0 aliphatic heterocycles. The number of aliphatic imine (C=N–C) groups is 1. The van der Waals surface area contributed by atoms with Crippen molar-refractivity contribution < 1.29 is 0 Å². The number of nitrogens with zero attached hydrogens (tertiary/aromatic N) is 2. The summed E-state index contributed by atoms with van der Waals surface area (Å²) in [7, 11) is 3.96. The number of rotatable bonds is 9. The van der Waals surface area contributed by atoms with Gasteiger partial charge in [-0.25, -0.2) is 0 Å². The standard InChI is InChI=1S/C14H32N4/c1-6-18(5)12-11-17-14(15-4)16-10-8-7-9-13(2)3/h13H,6-12H2,1-5H3,(H2,15,16,17). The summed E-state index contributed by atoms with van der Waals surface area (Å²) in [5, 5.41) is 6.69. The van der Waals surface area contributed by atoms with E-state index in [9.17, 15) is 0 Å². The largest absolute Gasteiger partial charge is 0.356 e. The summed E-state index contributed by atoms with van der Waals surface area (Å²) in [6, 6.07) is 0. The average Bonchev–Trinajstić information content (AvgIpc) is 2.35. The van der Waals surface area contributed by atoms with Crippen LogP contribution < -0.4 is 10.6 Å². The molecule has 0 saturated heterocycles. The summed E-state index contributed by atoms with van der Waals surface area (Å²) in [5.74, 6) is 1.73. The monoisotopic (exact) mass is 256 g/mol. The fourth-order valence-corrected chi connectivity index (χ4v) is 1.63. The first kappa shape index (κ1) is 17.2. The Labute approximate surface area is 113 Å². The first-order chi connectivity index (χ1) is 8.60. The van der Waals surface area contributed by atoms with Crippen molar-refractivity contribution >= 4 is 5.96 Å². The maximum absolute atomic E-state index is 4.22. The Kier molecular flexibility index (Phi) is 10.8. The van der Waals surface area contributed by atoms with E-state index < -0.39 is 0 Å². The Balaban J connectivity index is 3.53. The predicted molar refractivity (Wildman–Crippen MR) is 81.2 cm³/mol. The molecule has 0 bridgehead atoms. The molecule has 0 aromatic rings. The predicted octanol–water partition coefficient (Wildman–Crippen LogP) is 1.93. The Morgan fingerprint density at radius 1 is 1.17 bits per heavy atom. The third-order valence-electron chi connectivity index (χ3n) is 3.05. The Morgan fingerprint density at radius 3 is 2.39 bits per heavy atom. The van der Waals surface area contributed by atoms with E-state index in [4.69, 9.17) is 0 Å². The molecule has 0 spiro atoms. The number of likely N-dealkylation sites (N-methyl/N-ethyl adjacent to an activating group) is 1. The van der Waals surface area contributed by atoms with Crippen molar-refractivity contribution in [2.45, 2.75) is 40.0 Å². The van der Waals surface area contributed by atoms with Gasteiger partial charge in [-0.1, -0.05) is 33.6 Å². The van der Waals surface area contributed by atoms with Gasteiger partial charge >= 0.3 is 0 Å². The van der Waals surface area contributed by atoms with Crippen molar-refractivity contribution in [3.8, 4) is 0 Å². The molecular formula is C14H32N4. The average molecular weight is 256 g/mol. The SMILES string of the molecule is CCN(C)CCNC(=NC)NCCCCC(C)C. The quantitative estimate of drug-likeness (QED) is 0.376. The van der Waals surface area contributed by atoms with E-state index in [-0.39, 0.29) is 0 Å². The van der Waals surface area contributed by atoms with E-state index >= 15 is 0 Å². The van der Waals surface area contributed by atoms with Crippen molar-refractivity contribution in [3.05, 3.63) is 0 Å². The molecule has 18 heavy (non-hydrogen) atoms. The molecule has 0 radical (unpaired) electrons. The number of hydrogen-bond donors (Lipinski definition) is 2. The van der Waals surface area contributed by atoms with E-state index in [1.54, 1.807) is 0 Å². The third-order valence-corrected chi connectivity index (χ3v) is 3.05. The smallest absolute Gasteiger partial charge is 0.191 e. The summed E-state index contributed by atoms with van der Waals surface area (Å²) in [4.78, 5) is 6.50. The van der Waals surface area contributed by atoms with Crippen LogP contribution in [0, 0.1) is 5.92 Å². The molecule has 0 amide bonds. The molecule has 4 nitrogen and oxygen atoms in total. The molecule has 4 heteroatoms. The summed E-state index contributed by atoms with van der Waals surface area (Å²) >= 11 is 0. The first-order valence-electron chi connectivity index (χ1n) is 7.23. The van der Waals surface area contributed by atoms with Crippen LogP contribution in [0.3, 0.4) is 0 Å². The minimum atomic E-state index is 0.812. The number of hydrogen-bond acceptors (Lipinski definition) is 2. The van der Waals surface area contributed by atoms with E-state index in [0.29, 0.717) is 0 Å². The molecule has 0 unspecified atom stereocenters. The van der Waals surface area contributed by atoms with Crippen LogP contribution >= 0.6 is 0 Å². The van der Waals surface area contributed by atoms with Gasteiger partial charge in [0.1, 0.15) is 0 Å². The molecule has 0 atom stereocenters. The normalized spacial score (nSPS) is 12.3. The highest BCUT2D eigenvalue weighted by Crippen LogP contribution is 2.04. The minimum Gasteiger partial charge on any atom is -0.356 e. The van der Waals surface area contributed by atoms with Gasteiger partial charge in [0.15, 0.2) is 5.96 Å². The maximum Gasteiger partial charge on any atom is 0.191 e. The summed E-state index contributed by atoms with van der Waals surface area (Å²) < 4.78 is 0. The van der Waals surface area contributed by atoms with Crippen molar-refractivity contribution in [1.82, 2.24) is 15.5 Å². The molecule has 0 aromatic carbocycles. The van der Waals surface area contributed by atoms with Crippen molar-refractivity contribution in [2.75, 3.05) is 40.3 Å². The van der Waals surface area contributed by atoms with Gasteiger partial charge in [0, 0.05) is 26.7 Å². The molecule has 0 aliphatic carbocycles. The lowest BCUT2D eigenvalue weighted by Gasteiger charge is -2.16. The minimum absolute atomic E-state index is 0.812. The van der Waals surface area contributed by atoms with Crippen LogP contribution in [0.15, 0.2) is 4.99 Å². The van der Waals surface area contributed by atoms with Gasteiger partial charge in [0.25, 0.3) is 0 Å². The lowest BCUT2D eigenvalue weighted by molar-refractivity contribution is 0.357. The molecular weight excluding hydrogens is 224 g/mol. The van der Waals surface area contributed by atoms with Crippen LogP contribution in [-0.2, 0) is 0 Å². The number of guanidine groups is 1. The van der Waals surface area contributed by atoms with Gasteiger partial charge in [-0.05, 0) is 25.9 Å². The van der Waals surface area contributed by atoms with Crippen LogP contribution in [0.2, 0.25) is 0 Å². The molecule has 0 fully saturated rings. The van der Waals surface area contributed by atoms with Crippen molar-refractivity contribution in [2.24, 2.45) is 10.9 Å². The van der Waals surface area contributed by atoms with Crippen molar-refractivity contribution in [3.63, 3.8) is 0 Å². The van der Waals surface area contributed by atoms with Gasteiger partial charge in [0.2, 0.25) is 0 Å². The second kappa shape index (κ2) is 11.3. The lowest BCUT2D eigenvalue weighted by Crippen LogP contribution is -2.41. The molecule has 0 rings (SSSR count). The number of nitrogens with one attached hydrogen (secondary N) is 2. The number of unbranched alkanes of at least 4 members (excludes halogenated alkanes) is 1. The van der Waals surface area contributed by atoms with Crippen LogP contribution in [0.1, 0.15) is 40.0 Å². The highest BCUT2D eigenvalue weighted by atomic mass is 15.2. The molecule has 0 aromatic heterocycles. The lowest BCUT2D eigenvalue weighted by atomic mass is 10.1. The third kappa shape index (κ3) is 10.4. The Morgan fingerprint density at radius 2 is 1.83 bits per heavy atom. The Bertz CT molecular complexity index is 214. The van der Waals surface area contributed by atoms with E-state index in [1.165, 1.54) is 19.3 Å². The van der Waals surface area contributed by atoms with Crippen LogP contribution in [0.4, 0.5) is 0 Å². The summed E-state index contributed by atoms with van der Waals surface area (Å²) in [6.07, 6.45) is 3.82. The second-order valence-corrected chi connectivity index (χ2v) is 5.21. The topological polar surface area (TPSA) is 39.7 Å². The van der Waals surface area contributed by atoms with E-state index in [0.717, 1.165) is 38.1 Å². The molecule has 0 heterocycles. The fraction of sp³-hybridized carbons (Fsp3) is 0.929. The molecule has 0 aliphatic rings. The summed E-state index contributed by atoms with van der Waals surface area (Å²) in [6.45, 7) is 10.8. The zero-order valence-corrected chi connectivity index (χ0v) is 12.9. The Hall–Kier alpha value is -0.770. The van der Waals surface area contributed by atoms with Gasteiger partial charge in [0.05, 0.1) is 0 Å². The maximum atomic E-state index is 4.22. The van der Waals surface area contributed by atoms with E-state index in [1.807, 2.05) is 7.05 Å². The molecule has 108 valence electrons. The van der Waals surface area contributed by atoms with Crippen molar-refractivity contribution in [1.29, 1.82) is 0 Å².